The molecule has 3 aromatic rings. The lowest BCUT2D eigenvalue weighted by molar-refractivity contribution is -0.130. The highest BCUT2D eigenvalue weighted by atomic mass is 32.1. The van der Waals surface area contributed by atoms with Gasteiger partial charge >= 0.3 is 0 Å². The van der Waals surface area contributed by atoms with Crippen LogP contribution in [0.4, 0.5) is 5.82 Å². The quantitative estimate of drug-likeness (QED) is 0.498. The summed E-state index contributed by atoms with van der Waals surface area (Å²) < 4.78 is 5.51. The van der Waals surface area contributed by atoms with Gasteiger partial charge in [0.2, 0.25) is 0 Å². The molecule has 0 aliphatic heterocycles. The van der Waals surface area contributed by atoms with Crippen LogP contribution in [0.15, 0.2) is 35.7 Å². The van der Waals surface area contributed by atoms with Crippen LogP contribution in [0.1, 0.15) is 29.3 Å². The Labute approximate surface area is 173 Å². The molecule has 2 heterocycles. The van der Waals surface area contributed by atoms with Crippen LogP contribution in [-0.2, 0) is 17.6 Å². The molecule has 0 saturated carbocycles. The van der Waals surface area contributed by atoms with Crippen LogP contribution in [0.3, 0.4) is 0 Å². The lowest BCUT2D eigenvalue weighted by atomic mass is 10.1. The molecule has 4 rings (SSSR count). The minimum Gasteiger partial charge on any atom is -0.484 e. The molecule has 29 heavy (non-hydrogen) atoms. The number of aryl methyl sites for hydroxylation is 2. The van der Waals surface area contributed by atoms with Crippen molar-refractivity contribution in [3.63, 3.8) is 0 Å². The average molecular weight is 410 g/mol. The number of hydrazone groups is 1. The van der Waals surface area contributed by atoms with Crippen molar-refractivity contribution in [2.45, 2.75) is 26.2 Å². The maximum atomic E-state index is 11.6. The Balaban J connectivity index is 1.47. The highest BCUT2D eigenvalue weighted by Crippen LogP contribution is 2.39. The lowest BCUT2D eigenvalue weighted by Crippen LogP contribution is -2.27. The van der Waals surface area contributed by atoms with Gasteiger partial charge in [-0.2, -0.15) is 5.10 Å². The second-order valence-corrected chi connectivity index (χ2v) is 8.25. The summed E-state index contributed by atoms with van der Waals surface area (Å²) in [6.45, 7) is 1.96. The number of likely N-dealkylation sites (N-methyl/N-ethyl adjacent to an activating group) is 1. The number of nitrogens with zero attached hydrogens (tertiary/aromatic N) is 4. The van der Waals surface area contributed by atoms with E-state index in [2.05, 4.69) is 20.5 Å². The minimum absolute atomic E-state index is 0.0235. The molecule has 0 fully saturated rings. The summed E-state index contributed by atoms with van der Waals surface area (Å²) in [5.74, 6) is 1.33. The van der Waals surface area contributed by atoms with Gasteiger partial charge in [0.25, 0.3) is 5.91 Å². The number of thiophene rings is 1. The number of amides is 1. The molecule has 1 aliphatic rings. The van der Waals surface area contributed by atoms with E-state index >= 15 is 0 Å². The number of hydrogen-bond acceptors (Lipinski definition) is 7. The fourth-order valence-corrected chi connectivity index (χ4v) is 4.51. The third-order valence-electron chi connectivity index (χ3n) is 4.96. The first-order valence-electron chi connectivity index (χ1n) is 9.52. The molecular formula is C21H23N5O2S. The molecule has 1 N–H and O–H groups in total. The average Bonchev–Trinajstić information content (AvgIpc) is 3.31. The zero-order valence-corrected chi connectivity index (χ0v) is 17.5. The highest BCUT2D eigenvalue weighted by Gasteiger charge is 2.21. The molecule has 0 spiro atoms. The second kappa shape index (κ2) is 8.16. The number of carbonyl (C=O) groups excluding carboxylic acids is 1. The number of anilines is 1. The van der Waals surface area contributed by atoms with Gasteiger partial charge in [0.05, 0.1) is 11.1 Å². The number of carbonyl (C=O) groups is 1. The van der Waals surface area contributed by atoms with Crippen LogP contribution in [0.2, 0.25) is 0 Å². The van der Waals surface area contributed by atoms with Gasteiger partial charge in [-0.25, -0.2) is 9.97 Å². The number of rotatable bonds is 6. The van der Waals surface area contributed by atoms with E-state index in [1.165, 1.54) is 21.8 Å². The topological polar surface area (TPSA) is 79.7 Å². The fourth-order valence-electron chi connectivity index (χ4n) is 3.28. The standard InChI is InChI=1S/C21H23N5O2S/c1-13(14-7-9-15(10-8-14)28-11-18(27)26(2)3)24-25-20-19-16-5-4-6-17(16)29-21(19)23-12-22-20/h7-10,12H,4-6,11H2,1-3H3,(H,22,23,25)/b24-13-. The molecule has 7 nitrogen and oxygen atoms in total. The highest BCUT2D eigenvalue weighted by molar-refractivity contribution is 7.19. The number of hydrogen-bond donors (Lipinski definition) is 1. The number of nitrogens with one attached hydrogen (secondary N) is 1. The summed E-state index contributed by atoms with van der Waals surface area (Å²) in [4.78, 5) is 24.4. The van der Waals surface area contributed by atoms with E-state index < -0.39 is 0 Å². The van der Waals surface area contributed by atoms with E-state index in [0.29, 0.717) is 5.75 Å². The Kier molecular flexibility index (Phi) is 5.44. The molecule has 150 valence electrons. The summed E-state index contributed by atoms with van der Waals surface area (Å²) in [5, 5.41) is 5.63. The van der Waals surface area contributed by atoms with E-state index in [1.54, 1.807) is 31.8 Å². The molecule has 0 bridgehead atoms. The van der Waals surface area contributed by atoms with Crippen LogP contribution in [0.25, 0.3) is 10.2 Å². The largest absolute Gasteiger partial charge is 0.484 e. The van der Waals surface area contributed by atoms with Crippen molar-refractivity contribution in [1.29, 1.82) is 0 Å². The van der Waals surface area contributed by atoms with E-state index in [1.807, 2.05) is 31.2 Å². The molecule has 1 aliphatic carbocycles. The van der Waals surface area contributed by atoms with Gasteiger partial charge < -0.3 is 9.64 Å². The van der Waals surface area contributed by atoms with Crippen molar-refractivity contribution in [1.82, 2.24) is 14.9 Å². The van der Waals surface area contributed by atoms with Crippen LogP contribution in [-0.4, -0.2) is 47.2 Å². The molecule has 0 unspecified atom stereocenters. The molecule has 8 heteroatoms. The molecule has 0 atom stereocenters. The first-order valence-corrected chi connectivity index (χ1v) is 10.3. The zero-order chi connectivity index (χ0) is 20.4. The van der Waals surface area contributed by atoms with Gasteiger partial charge in [-0.05, 0) is 61.6 Å². The lowest BCUT2D eigenvalue weighted by Gasteiger charge is -2.11. The fraction of sp³-hybridized carbons (Fsp3) is 0.333. The summed E-state index contributed by atoms with van der Waals surface area (Å²) in [7, 11) is 3.41. The van der Waals surface area contributed by atoms with Gasteiger partial charge in [-0.15, -0.1) is 11.3 Å². The minimum atomic E-state index is -0.0768. The van der Waals surface area contributed by atoms with Gasteiger partial charge in [0.15, 0.2) is 12.4 Å². The third-order valence-corrected chi connectivity index (χ3v) is 6.16. The molecular weight excluding hydrogens is 386 g/mol. The molecule has 1 amide bonds. The monoisotopic (exact) mass is 409 g/mol. The maximum Gasteiger partial charge on any atom is 0.259 e. The molecule has 2 aromatic heterocycles. The molecule has 0 radical (unpaired) electrons. The van der Waals surface area contributed by atoms with Crippen molar-refractivity contribution in [3.05, 3.63) is 46.6 Å². The third kappa shape index (κ3) is 4.07. The van der Waals surface area contributed by atoms with E-state index in [0.717, 1.165) is 40.2 Å². The maximum absolute atomic E-state index is 11.6. The number of fused-ring (bicyclic) bond motifs is 3. The van der Waals surface area contributed by atoms with Gasteiger partial charge in [0.1, 0.15) is 16.9 Å². The Morgan fingerprint density at radius 1 is 1.24 bits per heavy atom. The number of ether oxygens (including phenoxy) is 1. The Morgan fingerprint density at radius 2 is 2.03 bits per heavy atom. The summed E-state index contributed by atoms with van der Waals surface area (Å²) in [6.07, 6.45) is 5.00. The summed E-state index contributed by atoms with van der Waals surface area (Å²) in [5.41, 5.74) is 6.30. The molecule has 1 aromatic carbocycles. The summed E-state index contributed by atoms with van der Waals surface area (Å²) >= 11 is 1.76. The number of aromatic nitrogens is 2. The number of benzene rings is 1. The van der Waals surface area contributed by atoms with Crippen molar-refractivity contribution in [2.24, 2.45) is 5.10 Å². The van der Waals surface area contributed by atoms with Crippen LogP contribution < -0.4 is 10.2 Å². The van der Waals surface area contributed by atoms with Gasteiger partial charge in [-0.1, -0.05) is 0 Å². The van der Waals surface area contributed by atoms with E-state index in [4.69, 9.17) is 4.74 Å². The first-order chi connectivity index (χ1) is 14.0. The van der Waals surface area contributed by atoms with Gasteiger partial charge in [-0.3, -0.25) is 10.2 Å². The second-order valence-electron chi connectivity index (χ2n) is 7.17. The van der Waals surface area contributed by atoms with Crippen LogP contribution in [0, 0.1) is 0 Å². The predicted molar refractivity (Wildman–Crippen MR) is 116 cm³/mol. The SMILES string of the molecule is C/C(=N/Nc1ncnc2sc3c(c12)CCC3)c1ccc(OCC(=O)N(C)C)cc1. The predicted octanol–water partition coefficient (Wildman–Crippen LogP) is 3.48. The van der Waals surface area contributed by atoms with Gasteiger partial charge in [0, 0.05) is 19.0 Å². The van der Waals surface area contributed by atoms with E-state index in [9.17, 15) is 4.79 Å². The van der Waals surface area contributed by atoms with Crippen molar-refractivity contribution >= 4 is 39.0 Å². The molecule has 0 saturated heterocycles. The Morgan fingerprint density at radius 3 is 2.79 bits per heavy atom. The Bertz CT molecular complexity index is 1070. The Hall–Kier alpha value is -3.00. The smallest absolute Gasteiger partial charge is 0.259 e. The van der Waals surface area contributed by atoms with Crippen molar-refractivity contribution < 1.29 is 9.53 Å². The van der Waals surface area contributed by atoms with Crippen LogP contribution in [0.5, 0.6) is 5.75 Å². The summed E-state index contributed by atoms with van der Waals surface area (Å²) in [6, 6.07) is 7.53. The van der Waals surface area contributed by atoms with Crippen LogP contribution >= 0.6 is 11.3 Å². The van der Waals surface area contributed by atoms with Crippen molar-refractivity contribution in [3.8, 4) is 5.75 Å². The zero-order valence-electron chi connectivity index (χ0n) is 16.7. The normalized spacial score (nSPS) is 13.4. The first kappa shape index (κ1) is 19.3. The van der Waals surface area contributed by atoms with E-state index in [-0.39, 0.29) is 12.5 Å². The van der Waals surface area contributed by atoms with Crippen molar-refractivity contribution in [2.75, 3.05) is 26.1 Å².